The zero-order valence-corrected chi connectivity index (χ0v) is 24.8. The molecule has 2 heterocycles. The van der Waals surface area contributed by atoms with Gasteiger partial charge in [-0.3, -0.25) is 14.5 Å². The van der Waals surface area contributed by atoms with Crippen molar-refractivity contribution in [2.45, 2.75) is 30.0 Å². The van der Waals surface area contributed by atoms with E-state index in [1.165, 1.54) is 28.0 Å². The van der Waals surface area contributed by atoms with Crippen molar-refractivity contribution < 1.29 is 14.7 Å². The summed E-state index contributed by atoms with van der Waals surface area (Å²) in [6.07, 6.45) is 0. The number of aliphatic hydroxyl groups is 1. The zero-order valence-electron chi connectivity index (χ0n) is 22.4. The second-order valence-corrected chi connectivity index (χ2v) is 12.4. The Morgan fingerprint density at radius 2 is 1.73 bits per heavy atom. The largest absolute Gasteiger partial charge is 0.507 e. The molecule has 1 amide bonds. The number of hydrogen-bond donors (Lipinski definition) is 1. The number of rotatable bonds is 7. The summed E-state index contributed by atoms with van der Waals surface area (Å²) in [6, 6.07) is 19.9. The lowest BCUT2D eigenvalue weighted by Gasteiger charge is -2.23. The lowest BCUT2D eigenvalue weighted by molar-refractivity contribution is -0.132. The number of nitrogens with zero attached hydrogens (tertiary/aromatic N) is 4. The van der Waals surface area contributed by atoms with Crippen molar-refractivity contribution in [2.75, 3.05) is 23.9 Å². The molecule has 0 saturated carbocycles. The Bertz CT molecular complexity index is 1610. The molecule has 1 saturated heterocycles. The Balaban J connectivity index is 1.56. The van der Waals surface area contributed by atoms with Crippen molar-refractivity contribution in [1.29, 1.82) is 0 Å². The number of hydrogen-bond acceptors (Lipinski definition) is 8. The maximum absolute atomic E-state index is 13.5. The van der Waals surface area contributed by atoms with Crippen molar-refractivity contribution in [3.63, 3.8) is 0 Å². The van der Waals surface area contributed by atoms with Crippen LogP contribution in [0.5, 0.6) is 0 Å². The molecule has 1 aromatic heterocycles. The summed E-state index contributed by atoms with van der Waals surface area (Å²) < 4.78 is 0.656. The van der Waals surface area contributed by atoms with E-state index in [-0.39, 0.29) is 11.3 Å². The molecule has 1 N–H and O–H groups in total. The number of aliphatic hydroxyl groups excluding tert-OH is 1. The minimum absolute atomic E-state index is 0.0295. The lowest BCUT2D eigenvalue weighted by atomic mass is 9.93. The van der Waals surface area contributed by atoms with Crippen molar-refractivity contribution in [3.05, 3.63) is 105 Å². The maximum atomic E-state index is 13.5. The van der Waals surface area contributed by atoms with Crippen LogP contribution in [0.3, 0.4) is 0 Å². The molecule has 7 nitrogen and oxygen atoms in total. The van der Waals surface area contributed by atoms with Crippen LogP contribution < -0.4 is 9.80 Å². The molecule has 3 aromatic carbocycles. The molecular weight excluding hydrogens is 564 g/mol. The highest BCUT2D eigenvalue weighted by molar-refractivity contribution is 8.00. The van der Waals surface area contributed by atoms with E-state index in [0.717, 1.165) is 22.4 Å². The first-order valence-electron chi connectivity index (χ1n) is 12.5. The Morgan fingerprint density at radius 3 is 2.40 bits per heavy atom. The van der Waals surface area contributed by atoms with Gasteiger partial charge in [0.05, 0.1) is 11.6 Å². The minimum atomic E-state index is -0.863. The number of carbonyl (C=O) groups is 2. The molecule has 0 radical (unpaired) electrons. The fraction of sp³-hybridized carbons (Fsp3) is 0.200. The lowest BCUT2D eigenvalue weighted by Crippen LogP contribution is -2.29. The highest BCUT2D eigenvalue weighted by Gasteiger charge is 2.48. The number of Topliss-reactive ketones (excluding diaryl/α,β-unsaturated/α-hetero) is 1. The van der Waals surface area contributed by atoms with Crippen LogP contribution in [0.25, 0.3) is 5.76 Å². The summed E-state index contributed by atoms with van der Waals surface area (Å²) in [4.78, 5) is 30.4. The van der Waals surface area contributed by atoms with Crippen molar-refractivity contribution in [1.82, 2.24) is 10.2 Å². The van der Waals surface area contributed by atoms with Crippen LogP contribution in [0.2, 0.25) is 5.02 Å². The van der Waals surface area contributed by atoms with E-state index in [1.54, 1.807) is 0 Å². The number of thioether (sulfide) groups is 1. The molecule has 0 bridgehead atoms. The normalized spacial score (nSPS) is 16.5. The van der Waals surface area contributed by atoms with E-state index in [9.17, 15) is 14.7 Å². The standard InChI is InChI=1S/C30H27ClN4O3S2/c1-17-5-6-18(2)23(15-17)26(36)24-25(20-9-13-22(14-10-20)34(3)4)35(28(38)27(24)37)29-32-33-30(40-29)39-16-19-7-11-21(31)12-8-19/h5-15,25,36H,16H2,1-4H3. The number of benzene rings is 3. The second-order valence-electron chi connectivity index (χ2n) is 9.74. The minimum Gasteiger partial charge on any atom is -0.507 e. The van der Waals surface area contributed by atoms with Gasteiger partial charge in [0, 0.05) is 36.1 Å². The third-order valence-electron chi connectivity index (χ3n) is 6.70. The van der Waals surface area contributed by atoms with E-state index < -0.39 is 17.7 Å². The first-order valence-corrected chi connectivity index (χ1v) is 14.7. The molecule has 1 unspecified atom stereocenters. The first kappa shape index (κ1) is 27.9. The zero-order chi connectivity index (χ0) is 28.6. The number of halogens is 1. The van der Waals surface area contributed by atoms with Crippen LogP contribution in [0.4, 0.5) is 10.8 Å². The molecule has 1 atom stereocenters. The van der Waals surface area contributed by atoms with Crippen molar-refractivity contribution in [2.24, 2.45) is 0 Å². The molecule has 40 heavy (non-hydrogen) atoms. The van der Waals surface area contributed by atoms with Crippen molar-refractivity contribution >= 4 is 63.0 Å². The smallest absolute Gasteiger partial charge is 0.301 e. The van der Waals surface area contributed by atoms with Gasteiger partial charge in [0.2, 0.25) is 5.13 Å². The molecule has 1 aliphatic heterocycles. The van der Waals surface area contributed by atoms with Gasteiger partial charge in [-0.05, 0) is 60.9 Å². The quantitative estimate of drug-likeness (QED) is 0.0833. The predicted molar refractivity (Wildman–Crippen MR) is 162 cm³/mol. The summed E-state index contributed by atoms with van der Waals surface area (Å²) in [5.74, 6) is -1.07. The average Bonchev–Trinajstić information content (AvgIpc) is 3.51. The molecule has 5 rings (SSSR count). The topological polar surface area (TPSA) is 86.6 Å². The van der Waals surface area contributed by atoms with Gasteiger partial charge in [-0.2, -0.15) is 0 Å². The Hall–Kier alpha value is -3.66. The Labute approximate surface area is 246 Å². The third kappa shape index (κ3) is 5.50. The molecular formula is C30H27ClN4O3S2. The SMILES string of the molecule is Cc1ccc(C)c(C(O)=C2C(=O)C(=O)N(c3nnc(SCc4ccc(Cl)cc4)s3)C2c2ccc(N(C)C)cc2)c1. The molecule has 1 fully saturated rings. The summed E-state index contributed by atoms with van der Waals surface area (Å²) >= 11 is 8.71. The molecule has 0 spiro atoms. The number of aromatic nitrogens is 2. The summed E-state index contributed by atoms with van der Waals surface area (Å²) in [6.45, 7) is 3.77. The van der Waals surface area contributed by atoms with Crippen molar-refractivity contribution in [3.8, 4) is 0 Å². The van der Waals surface area contributed by atoms with Gasteiger partial charge in [-0.1, -0.05) is 76.7 Å². The number of anilines is 2. The van der Waals surface area contributed by atoms with Gasteiger partial charge in [0.1, 0.15) is 5.76 Å². The van der Waals surface area contributed by atoms with Gasteiger partial charge in [-0.25, -0.2) is 0 Å². The average molecular weight is 591 g/mol. The Morgan fingerprint density at radius 1 is 1.02 bits per heavy atom. The van der Waals surface area contributed by atoms with E-state index in [0.29, 0.717) is 31.4 Å². The second kappa shape index (κ2) is 11.4. The van der Waals surface area contributed by atoms with Crippen LogP contribution in [0, 0.1) is 13.8 Å². The molecule has 1 aliphatic rings. The van der Waals surface area contributed by atoms with E-state index in [1.807, 2.05) is 99.6 Å². The van der Waals surface area contributed by atoms with Gasteiger partial charge >= 0.3 is 5.91 Å². The summed E-state index contributed by atoms with van der Waals surface area (Å²) in [5, 5.41) is 21.1. The van der Waals surface area contributed by atoms with E-state index in [4.69, 9.17) is 11.6 Å². The van der Waals surface area contributed by atoms with E-state index >= 15 is 0 Å². The number of carbonyl (C=O) groups excluding carboxylic acids is 2. The van der Waals surface area contributed by atoms with Gasteiger partial charge in [0.25, 0.3) is 5.78 Å². The fourth-order valence-electron chi connectivity index (χ4n) is 4.52. The molecule has 0 aliphatic carbocycles. The molecule has 4 aromatic rings. The molecule has 204 valence electrons. The highest BCUT2D eigenvalue weighted by atomic mass is 35.5. The number of ketones is 1. The third-order valence-corrected chi connectivity index (χ3v) is 9.07. The van der Waals surface area contributed by atoms with Crippen LogP contribution >= 0.6 is 34.7 Å². The maximum Gasteiger partial charge on any atom is 0.301 e. The Kier molecular flexibility index (Phi) is 7.98. The van der Waals surface area contributed by atoms with Gasteiger partial charge < -0.3 is 10.0 Å². The first-order chi connectivity index (χ1) is 19.1. The molecule has 10 heteroatoms. The summed E-state index contributed by atoms with van der Waals surface area (Å²) in [5.41, 5.74) is 4.99. The monoisotopic (exact) mass is 590 g/mol. The van der Waals surface area contributed by atoms with Crippen LogP contribution in [0.15, 0.2) is 76.6 Å². The fourth-order valence-corrected chi connectivity index (χ4v) is 6.47. The number of amides is 1. The summed E-state index contributed by atoms with van der Waals surface area (Å²) in [7, 11) is 3.87. The van der Waals surface area contributed by atoms with Crippen LogP contribution in [-0.2, 0) is 15.3 Å². The van der Waals surface area contributed by atoms with Crippen LogP contribution in [-0.4, -0.2) is 41.1 Å². The van der Waals surface area contributed by atoms with Crippen LogP contribution in [0.1, 0.15) is 33.9 Å². The van der Waals surface area contributed by atoms with Gasteiger partial charge in [-0.15, -0.1) is 10.2 Å². The van der Waals surface area contributed by atoms with E-state index in [2.05, 4.69) is 10.2 Å². The van der Waals surface area contributed by atoms with Gasteiger partial charge in [0.15, 0.2) is 4.34 Å². The predicted octanol–water partition coefficient (Wildman–Crippen LogP) is 6.79. The highest BCUT2D eigenvalue weighted by Crippen LogP contribution is 2.44. The number of aryl methyl sites for hydroxylation is 2.